The number of anilines is 1. The molecule has 33 heavy (non-hydrogen) atoms. The maximum absolute atomic E-state index is 13.8. The Morgan fingerprint density at radius 2 is 1.88 bits per heavy atom. The van der Waals surface area contributed by atoms with Gasteiger partial charge in [-0.3, -0.25) is 14.4 Å². The van der Waals surface area contributed by atoms with Crippen molar-refractivity contribution < 1.29 is 24.0 Å². The summed E-state index contributed by atoms with van der Waals surface area (Å²) in [7, 11) is 0. The largest absolute Gasteiger partial charge is 0.481 e. The van der Waals surface area contributed by atoms with Gasteiger partial charge in [-0.25, -0.2) is 0 Å². The van der Waals surface area contributed by atoms with E-state index < -0.39 is 5.97 Å². The van der Waals surface area contributed by atoms with E-state index in [4.69, 9.17) is 9.63 Å². The van der Waals surface area contributed by atoms with Crippen LogP contribution in [0.2, 0.25) is 0 Å². The number of aryl methyl sites for hydroxylation is 2. The maximum Gasteiger partial charge on any atom is 0.303 e. The molecule has 2 aromatic rings. The van der Waals surface area contributed by atoms with Crippen LogP contribution in [-0.2, 0) is 9.59 Å². The molecule has 8 heteroatoms. The molecule has 2 fully saturated rings. The Balaban J connectivity index is 1.58. The summed E-state index contributed by atoms with van der Waals surface area (Å²) in [5.41, 5.74) is 2.88. The molecule has 0 spiro atoms. The van der Waals surface area contributed by atoms with Gasteiger partial charge in [-0.15, -0.1) is 0 Å². The van der Waals surface area contributed by atoms with E-state index in [2.05, 4.69) is 5.16 Å². The summed E-state index contributed by atoms with van der Waals surface area (Å²) in [5, 5.41) is 13.1. The molecule has 5 rings (SSSR count). The fourth-order valence-corrected chi connectivity index (χ4v) is 5.83. The predicted molar refractivity (Wildman–Crippen MR) is 120 cm³/mol. The lowest BCUT2D eigenvalue weighted by Crippen LogP contribution is -2.53. The number of carbonyl (C=O) groups excluding carboxylic acids is 2. The third kappa shape index (κ3) is 3.71. The maximum atomic E-state index is 13.8. The Labute approximate surface area is 192 Å². The zero-order valence-corrected chi connectivity index (χ0v) is 19.0. The molecule has 0 unspecified atom stereocenters. The van der Waals surface area contributed by atoms with Crippen LogP contribution in [0.5, 0.6) is 0 Å². The molecule has 1 aromatic heterocycles. The lowest BCUT2D eigenvalue weighted by Gasteiger charge is -2.47. The van der Waals surface area contributed by atoms with Gasteiger partial charge in [-0.2, -0.15) is 0 Å². The van der Waals surface area contributed by atoms with E-state index in [1.54, 1.807) is 13.8 Å². The minimum Gasteiger partial charge on any atom is -0.481 e. The Kier molecular flexibility index (Phi) is 5.46. The number of aliphatic carboxylic acids is 1. The highest BCUT2D eigenvalue weighted by Gasteiger charge is 2.51. The number of benzene rings is 1. The van der Waals surface area contributed by atoms with Crippen molar-refractivity contribution in [1.29, 1.82) is 0 Å². The number of aromatic nitrogens is 1. The first-order chi connectivity index (χ1) is 15.9. The predicted octanol–water partition coefficient (Wildman–Crippen LogP) is 4.02. The van der Waals surface area contributed by atoms with E-state index in [1.807, 2.05) is 34.1 Å². The van der Waals surface area contributed by atoms with Gasteiger partial charge in [0.25, 0.3) is 5.91 Å². The normalized spacial score (nSPS) is 23.7. The highest BCUT2D eigenvalue weighted by Crippen LogP contribution is 2.53. The third-order valence-electron chi connectivity index (χ3n) is 7.33. The van der Waals surface area contributed by atoms with Crippen molar-refractivity contribution in [2.24, 2.45) is 5.92 Å². The fraction of sp³-hybridized carbons (Fsp3) is 0.520. The molecule has 0 bridgehead atoms. The van der Waals surface area contributed by atoms with Gasteiger partial charge in [0.1, 0.15) is 11.3 Å². The molecule has 0 saturated heterocycles. The van der Waals surface area contributed by atoms with E-state index in [0.29, 0.717) is 17.0 Å². The van der Waals surface area contributed by atoms with Crippen molar-refractivity contribution in [3.05, 3.63) is 46.8 Å². The standard InChI is InChI=1S/C25H29N3O5/c1-14-23(15(2)33-26-14)25(32)28-19-8-4-3-6-17(19)24(18-7-5-9-20(18)28)27(16-10-11-16)21(29)12-13-22(30)31/h3-4,6,8,16,18,20,24H,5,7,9-13H2,1-2H3,(H,30,31)/t18-,20+,24-/m0/s1. The van der Waals surface area contributed by atoms with E-state index in [9.17, 15) is 14.4 Å². The monoisotopic (exact) mass is 451 g/mol. The SMILES string of the molecule is Cc1noc(C)c1C(=O)N1c2ccccc2[C@H](N(C(=O)CCC(=O)O)C2CC2)[C@H]2CCC[C@H]21. The molecular formula is C25H29N3O5. The molecule has 1 N–H and O–H groups in total. The lowest BCUT2D eigenvalue weighted by atomic mass is 9.81. The van der Waals surface area contributed by atoms with Gasteiger partial charge in [-0.1, -0.05) is 29.8 Å². The van der Waals surface area contributed by atoms with Gasteiger partial charge in [0.15, 0.2) is 0 Å². The minimum atomic E-state index is -0.960. The molecule has 174 valence electrons. The number of nitrogens with zero attached hydrogens (tertiary/aromatic N) is 3. The first kappa shape index (κ1) is 21.7. The minimum absolute atomic E-state index is 0.00358. The highest BCUT2D eigenvalue weighted by molar-refractivity contribution is 6.08. The first-order valence-corrected chi connectivity index (χ1v) is 11.8. The summed E-state index contributed by atoms with van der Waals surface area (Å²) >= 11 is 0. The van der Waals surface area contributed by atoms with Crippen molar-refractivity contribution in [1.82, 2.24) is 10.1 Å². The average Bonchev–Trinajstić information content (AvgIpc) is 3.41. The Morgan fingerprint density at radius 3 is 2.55 bits per heavy atom. The Morgan fingerprint density at radius 1 is 1.12 bits per heavy atom. The molecule has 3 aliphatic rings. The molecule has 0 radical (unpaired) electrons. The highest BCUT2D eigenvalue weighted by atomic mass is 16.5. The zero-order chi connectivity index (χ0) is 23.3. The van der Waals surface area contributed by atoms with E-state index >= 15 is 0 Å². The van der Waals surface area contributed by atoms with Gasteiger partial charge in [0, 0.05) is 30.1 Å². The molecule has 1 aliphatic heterocycles. The van der Waals surface area contributed by atoms with Crippen molar-refractivity contribution >= 4 is 23.5 Å². The zero-order valence-electron chi connectivity index (χ0n) is 19.0. The summed E-state index contributed by atoms with van der Waals surface area (Å²) in [6.45, 7) is 3.54. The number of carbonyl (C=O) groups is 3. The van der Waals surface area contributed by atoms with Crippen LogP contribution in [0.1, 0.15) is 78.4 Å². The second-order valence-corrected chi connectivity index (χ2v) is 9.47. The van der Waals surface area contributed by atoms with Crippen molar-refractivity contribution in [2.45, 2.75) is 76.9 Å². The number of amides is 2. The summed E-state index contributed by atoms with van der Waals surface area (Å²) in [6.07, 6.45) is 4.49. The summed E-state index contributed by atoms with van der Waals surface area (Å²) < 4.78 is 5.28. The summed E-state index contributed by atoms with van der Waals surface area (Å²) in [5.74, 6) is -0.549. The van der Waals surface area contributed by atoms with Crippen LogP contribution in [0.25, 0.3) is 0 Å². The summed E-state index contributed by atoms with van der Waals surface area (Å²) in [4.78, 5) is 42.1. The quantitative estimate of drug-likeness (QED) is 0.711. The Bertz CT molecular complexity index is 1090. The molecule has 2 amide bonds. The lowest BCUT2D eigenvalue weighted by molar-refractivity contribution is -0.142. The third-order valence-corrected chi connectivity index (χ3v) is 7.33. The molecule has 3 atom stereocenters. The first-order valence-electron chi connectivity index (χ1n) is 11.8. The van der Waals surface area contributed by atoms with Crippen molar-refractivity contribution in [3.8, 4) is 0 Å². The van der Waals surface area contributed by atoms with Crippen molar-refractivity contribution in [2.75, 3.05) is 4.90 Å². The van der Waals surface area contributed by atoms with Gasteiger partial charge >= 0.3 is 5.97 Å². The van der Waals surface area contributed by atoms with Crippen LogP contribution in [0.15, 0.2) is 28.8 Å². The molecule has 8 nitrogen and oxygen atoms in total. The van der Waals surface area contributed by atoms with Gasteiger partial charge < -0.3 is 19.4 Å². The molecule has 1 aromatic carbocycles. The molecule has 2 heterocycles. The van der Waals surface area contributed by atoms with Crippen LogP contribution in [0.4, 0.5) is 5.69 Å². The molecule has 2 saturated carbocycles. The Hall–Kier alpha value is -3.16. The molecule has 2 aliphatic carbocycles. The summed E-state index contributed by atoms with van der Waals surface area (Å²) in [6, 6.07) is 7.83. The van der Waals surface area contributed by atoms with Gasteiger partial charge in [-0.05, 0) is 51.2 Å². The van der Waals surface area contributed by atoms with Crippen LogP contribution in [-0.4, -0.2) is 45.0 Å². The average molecular weight is 452 g/mol. The number of fused-ring (bicyclic) bond motifs is 2. The number of carboxylic acids is 1. The number of hydrogen-bond donors (Lipinski definition) is 1. The van der Waals surface area contributed by atoms with Crippen molar-refractivity contribution in [3.63, 3.8) is 0 Å². The van der Waals surface area contributed by atoms with Crippen LogP contribution >= 0.6 is 0 Å². The number of rotatable bonds is 6. The number of carboxylic acid groups (broad SMARTS) is 1. The van der Waals surface area contributed by atoms with Crippen LogP contribution < -0.4 is 4.90 Å². The molecular weight excluding hydrogens is 422 g/mol. The van der Waals surface area contributed by atoms with E-state index in [0.717, 1.165) is 43.4 Å². The van der Waals surface area contributed by atoms with E-state index in [1.165, 1.54) is 0 Å². The fourth-order valence-electron chi connectivity index (χ4n) is 5.83. The topological polar surface area (TPSA) is 104 Å². The van der Waals surface area contributed by atoms with Gasteiger partial charge in [0.2, 0.25) is 5.91 Å². The smallest absolute Gasteiger partial charge is 0.303 e. The second-order valence-electron chi connectivity index (χ2n) is 9.47. The van der Waals surface area contributed by atoms with E-state index in [-0.39, 0.29) is 48.7 Å². The van der Waals surface area contributed by atoms with Gasteiger partial charge in [0.05, 0.1) is 18.2 Å². The van der Waals surface area contributed by atoms with Crippen LogP contribution in [0.3, 0.4) is 0 Å². The van der Waals surface area contributed by atoms with Crippen LogP contribution in [0, 0.1) is 19.8 Å². The second kappa shape index (κ2) is 8.32. The number of para-hydroxylation sites is 1. The number of hydrogen-bond acceptors (Lipinski definition) is 5.